The average Bonchev–Trinajstić information content (AvgIpc) is 3.14. The van der Waals surface area contributed by atoms with Gasteiger partial charge in [0.05, 0.1) is 17.1 Å². The normalized spacial score (nSPS) is 12.2. The van der Waals surface area contributed by atoms with Crippen LogP contribution in [0.4, 0.5) is 4.79 Å². The van der Waals surface area contributed by atoms with Gasteiger partial charge in [0.1, 0.15) is 0 Å². The van der Waals surface area contributed by atoms with Crippen molar-refractivity contribution in [3.05, 3.63) is 78.0 Å². The zero-order valence-electron chi connectivity index (χ0n) is 19.8. The lowest BCUT2D eigenvalue weighted by Crippen LogP contribution is -2.36. The van der Waals surface area contributed by atoms with Crippen molar-refractivity contribution in [2.75, 3.05) is 6.54 Å². The Balaban J connectivity index is 2.27. The van der Waals surface area contributed by atoms with Crippen LogP contribution in [0.3, 0.4) is 0 Å². The molecular weight excluding hydrogens is 436 g/mol. The molecule has 0 bridgehead atoms. The van der Waals surface area contributed by atoms with E-state index in [1.807, 2.05) is 65.0 Å². The van der Waals surface area contributed by atoms with Gasteiger partial charge in [-0.1, -0.05) is 83.1 Å². The Morgan fingerprint density at radius 3 is 2.03 bits per heavy atom. The first kappa shape index (κ1) is 24.6. The van der Waals surface area contributed by atoms with Gasteiger partial charge in [-0.2, -0.15) is 0 Å². The van der Waals surface area contributed by atoms with Gasteiger partial charge >= 0.3 is 6.09 Å². The van der Waals surface area contributed by atoms with Crippen molar-refractivity contribution >= 4 is 16.1 Å². The molecule has 0 saturated carbocycles. The van der Waals surface area contributed by atoms with Crippen LogP contribution >= 0.6 is 0 Å². The molecule has 0 fully saturated rings. The highest BCUT2D eigenvalue weighted by atomic mass is 32.2. The number of carboxylic acid groups (broad SMARTS) is 1. The molecule has 0 radical (unpaired) electrons. The van der Waals surface area contributed by atoms with Gasteiger partial charge < -0.3 is 10.0 Å². The maximum atomic E-state index is 13.7. The molecule has 6 nitrogen and oxygen atoms in total. The maximum Gasteiger partial charge on any atom is 0.407 e. The largest absolute Gasteiger partial charge is 0.465 e. The van der Waals surface area contributed by atoms with Crippen molar-refractivity contribution in [1.82, 2.24) is 8.87 Å². The summed E-state index contributed by atoms with van der Waals surface area (Å²) in [5.41, 5.74) is 2.63. The monoisotopic (exact) mass is 468 g/mol. The van der Waals surface area contributed by atoms with Crippen LogP contribution in [0.25, 0.3) is 11.3 Å². The molecule has 0 saturated heterocycles. The Hall–Kier alpha value is -3.06. The highest BCUT2D eigenvalue weighted by Gasteiger charge is 2.29. The van der Waals surface area contributed by atoms with E-state index in [2.05, 4.69) is 0 Å². The molecule has 0 unspecified atom stereocenters. The number of benzene rings is 2. The molecule has 0 aliphatic rings. The second kappa shape index (κ2) is 9.43. The summed E-state index contributed by atoms with van der Waals surface area (Å²) < 4.78 is 28.7. The summed E-state index contributed by atoms with van der Waals surface area (Å²) >= 11 is 0. The van der Waals surface area contributed by atoms with Crippen LogP contribution < -0.4 is 0 Å². The number of aromatic nitrogens is 1. The molecule has 3 rings (SSSR count). The predicted octanol–water partition coefficient (Wildman–Crippen LogP) is 6.04. The lowest BCUT2D eigenvalue weighted by atomic mass is 9.94. The minimum Gasteiger partial charge on any atom is -0.465 e. The molecule has 3 aromatic rings. The molecule has 2 aromatic carbocycles. The summed E-state index contributed by atoms with van der Waals surface area (Å²) in [6.07, 6.45) is 0.568. The third-order valence-corrected chi connectivity index (χ3v) is 6.99. The molecule has 1 aromatic heterocycles. The van der Waals surface area contributed by atoms with E-state index in [0.717, 1.165) is 11.1 Å². The topological polar surface area (TPSA) is 79.6 Å². The standard InChI is InChI=1S/C26H32N2O4S/c1-19(2)23-21(16-27(25(29)30)18-26(3,4)5)17-28(24(23)20-12-8-6-9-13-20)33(31,32)22-14-10-7-11-15-22/h6-15,17,19H,16,18H2,1-5H3,(H,29,30). The van der Waals surface area contributed by atoms with Gasteiger partial charge in [0.25, 0.3) is 10.0 Å². The van der Waals surface area contributed by atoms with E-state index in [1.54, 1.807) is 36.5 Å². The highest BCUT2D eigenvalue weighted by Crippen LogP contribution is 2.37. The van der Waals surface area contributed by atoms with Crippen LogP contribution in [0.5, 0.6) is 0 Å². The maximum absolute atomic E-state index is 13.7. The molecule has 7 heteroatoms. The van der Waals surface area contributed by atoms with E-state index in [9.17, 15) is 18.3 Å². The third kappa shape index (κ3) is 5.47. The summed E-state index contributed by atoms with van der Waals surface area (Å²) in [6.45, 7) is 10.4. The molecule has 0 atom stereocenters. The molecule has 0 spiro atoms. The average molecular weight is 469 g/mol. The smallest absolute Gasteiger partial charge is 0.407 e. The third-order valence-electron chi connectivity index (χ3n) is 5.32. The summed E-state index contributed by atoms with van der Waals surface area (Å²) in [5.74, 6) is -0.0206. The minimum absolute atomic E-state index is 0.0206. The van der Waals surface area contributed by atoms with Gasteiger partial charge in [0.2, 0.25) is 0 Å². The number of hydrogen-bond acceptors (Lipinski definition) is 3. The summed E-state index contributed by atoms with van der Waals surface area (Å²) in [4.78, 5) is 13.6. The molecule has 1 amide bonds. The highest BCUT2D eigenvalue weighted by molar-refractivity contribution is 7.90. The lowest BCUT2D eigenvalue weighted by molar-refractivity contribution is 0.122. The number of rotatable bonds is 7. The number of amides is 1. The second-order valence-electron chi connectivity index (χ2n) is 9.75. The van der Waals surface area contributed by atoms with Crippen molar-refractivity contribution < 1.29 is 18.3 Å². The Bertz CT molecular complexity index is 1210. The van der Waals surface area contributed by atoms with E-state index in [0.29, 0.717) is 17.8 Å². The number of carbonyl (C=O) groups is 1. The molecule has 33 heavy (non-hydrogen) atoms. The van der Waals surface area contributed by atoms with Gasteiger partial charge in [-0.25, -0.2) is 17.2 Å². The van der Waals surface area contributed by atoms with Gasteiger partial charge in [0.15, 0.2) is 0 Å². The summed E-state index contributed by atoms with van der Waals surface area (Å²) in [7, 11) is -3.89. The van der Waals surface area contributed by atoms with Crippen molar-refractivity contribution in [1.29, 1.82) is 0 Å². The van der Waals surface area contributed by atoms with Crippen LogP contribution in [0.2, 0.25) is 0 Å². The summed E-state index contributed by atoms with van der Waals surface area (Å²) in [5, 5.41) is 9.86. The minimum atomic E-state index is -3.89. The van der Waals surface area contributed by atoms with Gasteiger partial charge in [-0.15, -0.1) is 0 Å². The Morgan fingerprint density at radius 2 is 1.55 bits per heavy atom. The first-order valence-corrected chi connectivity index (χ1v) is 12.4. The van der Waals surface area contributed by atoms with E-state index in [1.165, 1.54) is 8.87 Å². The van der Waals surface area contributed by atoms with E-state index in [4.69, 9.17) is 0 Å². The Labute approximate surface area is 196 Å². The zero-order valence-corrected chi connectivity index (χ0v) is 20.6. The van der Waals surface area contributed by atoms with E-state index >= 15 is 0 Å². The summed E-state index contributed by atoms with van der Waals surface area (Å²) in [6, 6.07) is 17.7. The lowest BCUT2D eigenvalue weighted by Gasteiger charge is -2.28. The van der Waals surface area contributed by atoms with Crippen LogP contribution in [-0.4, -0.2) is 35.0 Å². The Morgan fingerprint density at radius 1 is 1.00 bits per heavy atom. The molecule has 0 aliphatic heterocycles. The quantitative estimate of drug-likeness (QED) is 0.458. The van der Waals surface area contributed by atoms with Crippen LogP contribution in [0.1, 0.15) is 51.7 Å². The van der Waals surface area contributed by atoms with Crippen LogP contribution in [-0.2, 0) is 16.6 Å². The zero-order chi connectivity index (χ0) is 24.4. The number of hydrogen-bond donors (Lipinski definition) is 1. The van der Waals surface area contributed by atoms with Crippen molar-refractivity contribution in [2.24, 2.45) is 5.41 Å². The fraction of sp³-hybridized carbons (Fsp3) is 0.346. The Kier molecular flexibility index (Phi) is 7.03. The predicted molar refractivity (Wildman–Crippen MR) is 131 cm³/mol. The molecule has 0 aliphatic carbocycles. The van der Waals surface area contributed by atoms with Gasteiger partial charge in [0, 0.05) is 12.7 Å². The fourth-order valence-corrected chi connectivity index (χ4v) is 5.50. The van der Waals surface area contributed by atoms with Crippen LogP contribution in [0, 0.1) is 5.41 Å². The van der Waals surface area contributed by atoms with E-state index < -0.39 is 16.1 Å². The van der Waals surface area contributed by atoms with Crippen LogP contribution in [0.15, 0.2) is 71.8 Å². The van der Waals surface area contributed by atoms with Crippen molar-refractivity contribution in [3.8, 4) is 11.3 Å². The second-order valence-corrected chi connectivity index (χ2v) is 11.6. The molecular formula is C26H32N2O4S. The number of nitrogens with zero attached hydrogens (tertiary/aromatic N) is 2. The first-order chi connectivity index (χ1) is 15.4. The van der Waals surface area contributed by atoms with E-state index in [-0.39, 0.29) is 22.8 Å². The van der Waals surface area contributed by atoms with Crippen molar-refractivity contribution in [3.63, 3.8) is 0 Å². The van der Waals surface area contributed by atoms with Crippen molar-refractivity contribution in [2.45, 2.75) is 52.0 Å². The molecule has 1 heterocycles. The first-order valence-electron chi connectivity index (χ1n) is 11.0. The fourth-order valence-electron chi connectivity index (χ4n) is 4.06. The SMILES string of the molecule is CC(C)c1c(CN(CC(C)(C)C)C(=O)O)cn(S(=O)(=O)c2ccccc2)c1-c1ccccc1. The molecule has 1 N–H and O–H groups in total. The molecule has 176 valence electrons. The van der Waals surface area contributed by atoms with Gasteiger partial charge in [-0.05, 0) is 40.2 Å². The van der Waals surface area contributed by atoms with Gasteiger partial charge in [-0.3, -0.25) is 0 Å².